The van der Waals surface area contributed by atoms with Gasteiger partial charge >= 0.3 is 6.09 Å². The molecule has 2 aliphatic heterocycles. The number of allylic oxidation sites excluding steroid dienone is 1. The summed E-state index contributed by atoms with van der Waals surface area (Å²) in [7, 11) is -3.88. The number of aromatic nitrogens is 2. The van der Waals surface area contributed by atoms with Gasteiger partial charge in [-0.3, -0.25) is 19.1 Å². The second-order valence-corrected chi connectivity index (χ2v) is 18.8. The number of carbonyl (C=O) groups is 4. The van der Waals surface area contributed by atoms with E-state index >= 15 is 0 Å². The van der Waals surface area contributed by atoms with Gasteiger partial charge in [0, 0.05) is 12.3 Å². The van der Waals surface area contributed by atoms with Crippen LogP contribution in [0.5, 0.6) is 5.88 Å². The lowest BCUT2D eigenvalue weighted by molar-refractivity contribution is -0.141. The maximum Gasteiger partial charge on any atom is 0.408 e. The lowest BCUT2D eigenvalue weighted by atomic mass is 10.0. The first kappa shape index (κ1) is 36.9. The summed E-state index contributed by atoms with van der Waals surface area (Å²) in [5.41, 5.74) is -0.285. The number of hydrogen-bond donors (Lipinski definition) is 3. The van der Waals surface area contributed by atoms with Gasteiger partial charge < -0.3 is 25.0 Å². The first-order chi connectivity index (χ1) is 26.1. The number of amides is 4. The minimum Gasteiger partial charge on any atom is -0.471 e. The minimum absolute atomic E-state index is 0.00139. The van der Waals surface area contributed by atoms with E-state index in [1.165, 1.54) is 27.6 Å². The molecule has 8 rings (SSSR count). The van der Waals surface area contributed by atoms with Gasteiger partial charge in [-0.2, -0.15) is 0 Å². The van der Waals surface area contributed by atoms with Gasteiger partial charge in [0.15, 0.2) is 0 Å². The fourth-order valence-electron chi connectivity index (χ4n) is 7.77. The molecule has 17 heteroatoms. The molecule has 4 fully saturated rings. The van der Waals surface area contributed by atoms with Crippen molar-refractivity contribution in [2.45, 2.75) is 119 Å². The van der Waals surface area contributed by atoms with Crippen molar-refractivity contribution in [3.63, 3.8) is 0 Å². The molecule has 0 aromatic carbocycles. The van der Waals surface area contributed by atoms with Crippen molar-refractivity contribution in [1.29, 1.82) is 0 Å². The Labute approximate surface area is 321 Å². The van der Waals surface area contributed by atoms with Crippen LogP contribution >= 0.6 is 22.7 Å². The molecule has 5 aliphatic rings. The van der Waals surface area contributed by atoms with Gasteiger partial charge in [-0.15, -0.1) is 22.7 Å². The van der Waals surface area contributed by atoms with Crippen LogP contribution in [-0.4, -0.2) is 88.7 Å². The van der Waals surface area contributed by atoms with Crippen LogP contribution in [0.1, 0.15) is 83.5 Å². The Morgan fingerprint density at radius 2 is 1.78 bits per heavy atom. The molecule has 3 saturated carbocycles. The van der Waals surface area contributed by atoms with E-state index in [-0.39, 0.29) is 31.4 Å². The molecular formula is C37H44N6O8S3. The van der Waals surface area contributed by atoms with Crippen LogP contribution in [0.15, 0.2) is 41.1 Å². The number of thiophene rings is 2. The molecule has 0 spiro atoms. The molecule has 54 heavy (non-hydrogen) atoms. The Bertz CT molecular complexity index is 2040. The van der Waals surface area contributed by atoms with E-state index in [0.29, 0.717) is 43.3 Å². The van der Waals surface area contributed by atoms with Crippen LogP contribution in [0.2, 0.25) is 0 Å². The van der Waals surface area contributed by atoms with Crippen LogP contribution < -0.4 is 20.1 Å². The Balaban J connectivity index is 1.09. The highest BCUT2D eigenvalue weighted by Gasteiger charge is 2.62. The number of nitrogens with zero attached hydrogens (tertiary/aromatic N) is 3. The topological polar surface area (TPSA) is 186 Å². The van der Waals surface area contributed by atoms with Gasteiger partial charge in [-0.25, -0.2) is 23.2 Å². The summed E-state index contributed by atoms with van der Waals surface area (Å²) >= 11 is 2.95. The quantitative estimate of drug-likeness (QED) is 0.267. The third-order valence-corrected chi connectivity index (χ3v) is 14.5. The van der Waals surface area contributed by atoms with Gasteiger partial charge in [-0.05, 0) is 87.1 Å². The SMILES string of the molecule is O=C(N[C@@H]1CCCCC/C=C\C2C[C@@]2(C(=O)NS(=O)(=O)C2CC2)NC(=O)[C@@H]2C[C@@H](Oc3nc4ccsc4nc3-c3cccs3)CN2C1=O)OC1CCCC1. The molecule has 4 amide bonds. The highest BCUT2D eigenvalue weighted by Crippen LogP contribution is 2.46. The molecule has 0 bridgehead atoms. The predicted octanol–water partition coefficient (Wildman–Crippen LogP) is 4.81. The number of carbonyl (C=O) groups excluding carboxylic acids is 4. The Hall–Kier alpha value is -4.09. The Kier molecular flexibility index (Phi) is 10.4. The van der Waals surface area contributed by atoms with Gasteiger partial charge in [0.05, 0.1) is 16.7 Å². The molecular weight excluding hydrogens is 753 g/mol. The molecule has 5 atom stereocenters. The van der Waals surface area contributed by atoms with Gasteiger partial charge in [0.25, 0.3) is 5.91 Å². The van der Waals surface area contributed by atoms with Crippen molar-refractivity contribution >= 4 is 66.9 Å². The van der Waals surface area contributed by atoms with E-state index in [1.54, 1.807) is 0 Å². The molecule has 3 aliphatic carbocycles. The van der Waals surface area contributed by atoms with Gasteiger partial charge in [0.1, 0.15) is 45.9 Å². The largest absolute Gasteiger partial charge is 0.471 e. The van der Waals surface area contributed by atoms with E-state index in [4.69, 9.17) is 19.4 Å². The summed E-state index contributed by atoms with van der Waals surface area (Å²) in [5.74, 6) is -1.99. The van der Waals surface area contributed by atoms with E-state index in [0.717, 1.165) is 48.2 Å². The van der Waals surface area contributed by atoms with Gasteiger partial charge in [0.2, 0.25) is 27.7 Å². The number of alkyl carbamates (subject to hydrolysis) is 1. The summed E-state index contributed by atoms with van der Waals surface area (Å²) in [6, 6.07) is 3.62. The number of rotatable bonds is 8. The minimum atomic E-state index is -3.88. The lowest BCUT2D eigenvalue weighted by Gasteiger charge is -2.30. The molecule has 1 unspecified atom stereocenters. The van der Waals surface area contributed by atoms with Crippen molar-refractivity contribution < 1.29 is 37.1 Å². The highest BCUT2D eigenvalue weighted by atomic mass is 32.2. The molecule has 0 radical (unpaired) electrons. The third-order valence-electron chi connectivity index (χ3n) is 11.0. The first-order valence-corrected chi connectivity index (χ1v) is 22.2. The Morgan fingerprint density at radius 1 is 0.963 bits per heavy atom. The first-order valence-electron chi connectivity index (χ1n) is 18.9. The number of hydrogen-bond acceptors (Lipinski definition) is 12. The van der Waals surface area contributed by atoms with Crippen molar-refractivity contribution in [3.05, 3.63) is 41.1 Å². The molecule has 3 aromatic rings. The Morgan fingerprint density at radius 3 is 2.56 bits per heavy atom. The number of fused-ring (bicyclic) bond motifs is 3. The predicted molar refractivity (Wildman–Crippen MR) is 202 cm³/mol. The zero-order valence-corrected chi connectivity index (χ0v) is 32.2. The average Bonchev–Trinajstić information content (AvgIpc) is 3.71. The van der Waals surface area contributed by atoms with Crippen LogP contribution in [0.25, 0.3) is 20.9 Å². The molecule has 14 nitrogen and oxygen atoms in total. The van der Waals surface area contributed by atoms with Crippen molar-refractivity contribution in [2.24, 2.45) is 5.92 Å². The summed E-state index contributed by atoms with van der Waals surface area (Å²) in [6.45, 7) is -0.00139. The second kappa shape index (κ2) is 15.2. The molecule has 1 saturated heterocycles. The third kappa shape index (κ3) is 7.85. The van der Waals surface area contributed by atoms with Crippen molar-refractivity contribution in [3.8, 4) is 16.5 Å². The monoisotopic (exact) mass is 796 g/mol. The van der Waals surface area contributed by atoms with Gasteiger partial charge in [-0.1, -0.05) is 31.1 Å². The number of nitrogens with one attached hydrogen (secondary N) is 3. The summed E-state index contributed by atoms with van der Waals surface area (Å²) in [4.78, 5) is 68.5. The maximum absolute atomic E-state index is 14.6. The fourth-order valence-corrected chi connectivity index (χ4v) is 10.5. The van der Waals surface area contributed by atoms with Crippen LogP contribution in [-0.2, 0) is 29.1 Å². The standard InChI is InChI=1S/C37H44N6O8S3/c44-31-28-19-24(50-32-30(29-13-8-17-52-29)40-33-26(38-32)16-18-53-33)21-43(28)34(45)27(39-36(47)51-23-10-6-7-11-23)12-5-3-1-2-4-9-22-20-37(22,41-31)35(46)42-54(48,49)25-14-15-25/h4,8-9,13,16-18,22-25,27-28H,1-3,5-7,10-12,14-15,19-21H2,(H,39,47)(H,41,44)(H,42,46)/b9-4-/t22?,24-,27-,28+,37-/m1/s1. The van der Waals surface area contributed by atoms with Crippen LogP contribution in [0.4, 0.5) is 4.79 Å². The van der Waals surface area contributed by atoms with Crippen molar-refractivity contribution in [1.82, 2.24) is 30.2 Å². The van der Waals surface area contributed by atoms with E-state index in [2.05, 4.69) is 15.4 Å². The van der Waals surface area contributed by atoms with Crippen LogP contribution in [0.3, 0.4) is 0 Å². The highest BCUT2D eigenvalue weighted by molar-refractivity contribution is 7.91. The number of sulfonamides is 1. The normalized spacial score (nSPS) is 28.6. The molecule has 3 N–H and O–H groups in total. The molecule has 288 valence electrons. The average molecular weight is 797 g/mol. The van der Waals surface area contributed by atoms with Crippen molar-refractivity contribution in [2.75, 3.05) is 6.54 Å². The maximum atomic E-state index is 14.6. The number of ether oxygens (including phenoxy) is 2. The zero-order valence-electron chi connectivity index (χ0n) is 29.7. The summed E-state index contributed by atoms with van der Waals surface area (Å²) in [6.07, 6.45) is 10.3. The van der Waals surface area contributed by atoms with Crippen LogP contribution in [0, 0.1) is 5.92 Å². The molecule has 3 aromatic heterocycles. The lowest BCUT2D eigenvalue weighted by Crippen LogP contribution is -2.58. The smallest absolute Gasteiger partial charge is 0.408 e. The summed E-state index contributed by atoms with van der Waals surface area (Å²) < 4.78 is 40.2. The van der Waals surface area contributed by atoms with E-state index in [1.807, 2.05) is 41.1 Å². The molecule has 5 heterocycles. The summed E-state index contributed by atoms with van der Waals surface area (Å²) in [5, 5.41) is 8.93. The zero-order chi connectivity index (χ0) is 37.5. The van der Waals surface area contributed by atoms with E-state index < -0.39 is 68.7 Å². The fraction of sp³-hybridized carbons (Fsp3) is 0.568. The van der Waals surface area contributed by atoms with E-state index in [9.17, 15) is 27.6 Å². The second-order valence-electron chi connectivity index (χ2n) is 15.0.